The molecule has 0 bridgehead atoms. The zero-order valence-corrected chi connectivity index (χ0v) is 12.0. The standard InChI is InChI=1S/C13H17N3O3S/c1-15(10-12-5-3-2-4-6-12)20(18,19)13-9-14-16(11-13)7-8-17/h2-6,9,11,17H,7-8,10H2,1H3. The number of hydrogen-bond donors (Lipinski definition) is 1. The van der Waals surface area contributed by atoms with Gasteiger partial charge in [0.2, 0.25) is 10.0 Å². The van der Waals surface area contributed by atoms with E-state index in [1.165, 1.54) is 28.4 Å². The number of aromatic nitrogens is 2. The predicted octanol–water partition coefficient (Wildman–Crippen LogP) is 0.696. The van der Waals surface area contributed by atoms with Crippen LogP contribution in [0.4, 0.5) is 0 Å². The first-order valence-corrected chi connectivity index (χ1v) is 7.61. The van der Waals surface area contributed by atoms with Gasteiger partial charge in [-0.1, -0.05) is 30.3 Å². The molecule has 6 nitrogen and oxygen atoms in total. The van der Waals surface area contributed by atoms with Crippen LogP contribution < -0.4 is 0 Å². The average molecular weight is 295 g/mol. The van der Waals surface area contributed by atoms with Gasteiger partial charge in [0, 0.05) is 19.8 Å². The minimum absolute atomic E-state index is 0.0823. The molecule has 0 aliphatic carbocycles. The number of aliphatic hydroxyl groups excluding tert-OH is 1. The Kier molecular flexibility index (Phi) is 4.53. The van der Waals surface area contributed by atoms with Crippen molar-refractivity contribution in [1.82, 2.24) is 14.1 Å². The molecule has 7 heteroatoms. The molecular weight excluding hydrogens is 278 g/mol. The van der Waals surface area contributed by atoms with Gasteiger partial charge in [-0.2, -0.15) is 9.40 Å². The summed E-state index contributed by atoms with van der Waals surface area (Å²) in [5.41, 5.74) is 0.918. The Bertz CT molecular complexity index is 653. The first kappa shape index (κ1) is 14.7. The van der Waals surface area contributed by atoms with Gasteiger partial charge in [-0.25, -0.2) is 8.42 Å². The van der Waals surface area contributed by atoms with E-state index < -0.39 is 10.0 Å². The van der Waals surface area contributed by atoms with Gasteiger partial charge < -0.3 is 5.11 Å². The zero-order valence-electron chi connectivity index (χ0n) is 11.2. The predicted molar refractivity (Wildman–Crippen MR) is 74.4 cm³/mol. The first-order valence-electron chi connectivity index (χ1n) is 6.17. The fourth-order valence-electron chi connectivity index (χ4n) is 1.81. The van der Waals surface area contributed by atoms with Crippen LogP contribution in [0, 0.1) is 0 Å². The summed E-state index contributed by atoms with van der Waals surface area (Å²) in [5.74, 6) is 0. The Morgan fingerprint density at radius 1 is 1.30 bits per heavy atom. The Labute approximate surface area is 118 Å². The number of sulfonamides is 1. The second-order valence-corrected chi connectivity index (χ2v) is 6.45. The van der Waals surface area contributed by atoms with Crippen molar-refractivity contribution in [1.29, 1.82) is 0 Å². The number of nitrogens with zero attached hydrogens (tertiary/aromatic N) is 3. The smallest absolute Gasteiger partial charge is 0.246 e. The lowest BCUT2D eigenvalue weighted by Gasteiger charge is -2.15. The van der Waals surface area contributed by atoms with Gasteiger partial charge in [0.25, 0.3) is 0 Å². The lowest BCUT2D eigenvalue weighted by molar-refractivity contribution is 0.269. The summed E-state index contributed by atoms with van der Waals surface area (Å²) >= 11 is 0. The fourth-order valence-corrected chi connectivity index (χ4v) is 2.92. The van der Waals surface area contributed by atoms with Crippen molar-refractivity contribution in [3.05, 3.63) is 48.3 Å². The normalized spacial score (nSPS) is 11.9. The summed E-state index contributed by atoms with van der Waals surface area (Å²) in [6.07, 6.45) is 2.72. The average Bonchev–Trinajstić information content (AvgIpc) is 2.89. The van der Waals surface area contributed by atoms with E-state index in [1.807, 2.05) is 30.3 Å². The minimum Gasteiger partial charge on any atom is -0.394 e. The molecule has 0 aliphatic heterocycles. The summed E-state index contributed by atoms with van der Waals surface area (Å²) in [7, 11) is -2.03. The molecular formula is C13H17N3O3S. The van der Waals surface area contributed by atoms with Crippen LogP contribution in [0.25, 0.3) is 0 Å². The van der Waals surface area contributed by atoms with E-state index >= 15 is 0 Å². The highest BCUT2D eigenvalue weighted by Gasteiger charge is 2.22. The zero-order chi connectivity index (χ0) is 14.6. The molecule has 108 valence electrons. The maximum absolute atomic E-state index is 12.4. The molecule has 2 rings (SSSR count). The number of rotatable bonds is 6. The fraction of sp³-hybridized carbons (Fsp3) is 0.308. The van der Waals surface area contributed by atoms with E-state index in [0.29, 0.717) is 6.54 Å². The molecule has 1 aromatic carbocycles. The van der Waals surface area contributed by atoms with Gasteiger partial charge in [-0.3, -0.25) is 4.68 Å². The van der Waals surface area contributed by atoms with Crippen molar-refractivity contribution < 1.29 is 13.5 Å². The molecule has 0 atom stereocenters. The molecule has 1 aromatic heterocycles. The largest absolute Gasteiger partial charge is 0.394 e. The highest BCUT2D eigenvalue weighted by molar-refractivity contribution is 7.89. The summed E-state index contributed by atoms with van der Waals surface area (Å²) in [6.45, 7) is 0.493. The van der Waals surface area contributed by atoms with Gasteiger partial charge in [-0.05, 0) is 5.56 Å². The van der Waals surface area contributed by atoms with Gasteiger partial charge in [-0.15, -0.1) is 0 Å². The van der Waals surface area contributed by atoms with Crippen LogP contribution in [0.15, 0.2) is 47.6 Å². The van der Waals surface area contributed by atoms with Crippen LogP contribution >= 0.6 is 0 Å². The highest BCUT2D eigenvalue weighted by Crippen LogP contribution is 2.15. The number of benzene rings is 1. The molecule has 0 saturated heterocycles. The van der Waals surface area contributed by atoms with E-state index in [2.05, 4.69) is 5.10 Å². The monoisotopic (exact) mass is 295 g/mol. The lowest BCUT2D eigenvalue weighted by Crippen LogP contribution is -2.26. The van der Waals surface area contributed by atoms with Crippen molar-refractivity contribution >= 4 is 10.0 Å². The number of aliphatic hydroxyl groups is 1. The third-order valence-electron chi connectivity index (χ3n) is 2.89. The first-order chi connectivity index (χ1) is 9.54. The second-order valence-electron chi connectivity index (χ2n) is 4.41. The quantitative estimate of drug-likeness (QED) is 0.851. The van der Waals surface area contributed by atoms with Gasteiger partial charge in [0.05, 0.1) is 19.3 Å². The highest BCUT2D eigenvalue weighted by atomic mass is 32.2. The molecule has 0 unspecified atom stereocenters. The van der Waals surface area contributed by atoms with Crippen LogP contribution in [0.2, 0.25) is 0 Å². The topological polar surface area (TPSA) is 75.4 Å². The molecule has 20 heavy (non-hydrogen) atoms. The van der Waals surface area contributed by atoms with Crippen LogP contribution in [-0.4, -0.2) is 41.3 Å². The SMILES string of the molecule is CN(Cc1ccccc1)S(=O)(=O)c1cnn(CCO)c1. The Morgan fingerprint density at radius 3 is 2.65 bits per heavy atom. The van der Waals surface area contributed by atoms with Crippen molar-refractivity contribution in [3.8, 4) is 0 Å². The summed E-state index contributed by atoms with van der Waals surface area (Å²) in [4.78, 5) is 0.129. The molecule has 0 aliphatic rings. The van der Waals surface area contributed by atoms with Crippen LogP contribution in [0.5, 0.6) is 0 Å². The van der Waals surface area contributed by atoms with E-state index in [-0.39, 0.29) is 18.0 Å². The number of hydrogen-bond acceptors (Lipinski definition) is 4. The molecule has 1 heterocycles. The third-order valence-corrected chi connectivity index (χ3v) is 4.65. The van der Waals surface area contributed by atoms with Crippen LogP contribution in [0.1, 0.15) is 5.56 Å². The van der Waals surface area contributed by atoms with Crippen LogP contribution in [-0.2, 0) is 23.1 Å². The summed E-state index contributed by atoms with van der Waals surface area (Å²) in [6, 6.07) is 9.38. The maximum atomic E-state index is 12.4. The van der Waals surface area contributed by atoms with Crippen LogP contribution in [0.3, 0.4) is 0 Å². The molecule has 0 saturated carbocycles. The summed E-state index contributed by atoms with van der Waals surface area (Å²) in [5, 5.41) is 12.7. The lowest BCUT2D eigenvalue weighted by atomic mass is 10.2. The molecule has 0 spiro atoms. The molecule has 2 aromatic rings. The van der Waals surface area contributed by atoms with Gasteiger partial charge in [0.1, 0.15) is 4.90 Å². The maximum Gasteiger partial charge on any atom is 0.246 e. The third kappa shape index (κ3) is 3.24. The van der Waals surface area contributed by atoms with Crippen molar-refractivity contribution in [2.45, 2.75) is 18.0 Å². The molecule has 0 amide bonds. The van der Waals surface area contributed by atoms with Crippen molar-refractivity contribution in [3.63, 3.8) is 0 Å². The minimum atomic E-state index is -3.57. The summed E-state index contributed by atoms with van der Waals surface area (Å²) < 4.78 is 27.4. The van der Waals surface area contributed by atoms with E-state index in [1.54, 1.807) is 0 Å². The Balaban J connectivity index is 2.16. The second kappa shape index (κ2) is 6.17. The van der Waals surface area contributed by atoms with Crippen molar-refractivity contribution in [2.75, 3.05) is 13.7 Å². The van der Waals surface area contributed by atoms with E-state index in [9.17, 15) is 8.42 Å². The van der Waals surface area contributed by atoms with Gasteiger partial charge >= 0.3 is 0 Å². The molecule has 1 N–H and O–H groups in total. The van der Waals surface area contributed by atoms with Gasteiger partial charge in [0.15, 0.2) is 0 Å². The Morgan fingerprint density at radius 2 is 2.00 bits per heavy atom. The molecule has 0 fully saturated rings. The molecule has 0 radical (unpaired) electrons. The van der Waals surface area contributed by atoms with E-state index in [4.69, 9.17) is 5.11 Å². The Hall–Kier alpha value is -1.70. The van der Waals surface area contributed by atoms with E-state index in [0.717, 1.165) is 5.56 Å². The van der Waals surface area contributed by atoms with Crippen molar-refractivity contribution in [2.24, 2.45) is 0 Å².